The summed E-state index contributed by atoms with van der Waals surface area (Å²) in [5, 5.41) is 5.32. The van der Waals surface area contributed by atoms with E-state index >= 15 is 0 Å². The van der Waals surface area contributed by atoms with Crippen LogP contribution in [0.1, 0.15) is 0 Å². The van der Waals surface area contributed by atoms with Crippen LogP contribution in [-0.4, -0.2) is 0 Å². The highest BCUT2D eigenvalue weighted by atomic mass is 79.9. The van der Waals surface area contributed by atoms with Gasteiger partial charge in [-0.25, -0.2) is 0 Å². The van der Waals surface area contributed by atoms with Crippen molar-refractivity contribution < 1.29 is 8.83 Å². The topological polar surface area (TPSA) is 26.3 Å². The summed E-state index contributed by atoms with van der Waals surface area (Å²) in [5.74, 6) is 0. The Morgan fingerprint density at radius 2 is 0.861 bits per heavy atom. The minimum Gasteiger partial charge on any atom is -0.456 e. The lowest BCUT2D eigenvalue weighted by Gasteiger charge is -2.17. The van der Waals surface area contributed by atoms with Gasteiger partial charge in [0.15, 0.2) is 0 Å². The summed E-state index contributed by atoms with van der Waals surface area (Å²) in [4.78, 5) is 0. The van der Waals surface area contributed by atoms with E-state index < -0.39 is 0 Å². The summed E-state index contributed by atoms with van der Waals surface area (Å²) in [7, 11) is 0. The van der Waals surface area contributed by atoms with Crippen molar-refractivity contribution >= 4 is 98.9 Å². The van der Waals surface area contributed by atoms with Gasteiger partial charge in [-0.05, 0) is 79.4 Å². The van der Waals surface area contributed by atoms with E-state index in [1.165, 1.54) is 0 Å². The summed E-state index contributed by atoms with van der Waals surface area (Å²) in [6, 6.07) is 28.2. The van der Waals surface area contributed by atoms with E-state index in [0.29, 0.717) is 10.0 Å². The Morgan fingerprint density at radius 3 is 1.31 bits per heavy atom. The number of fused-ring (bicyclic) bond motifs is 6. The predicted octanol–water partition coefficient (Wildman–Crippen LogP) is 11.7. The molecule has 0 saturated carbocycles. The molecule has 2 heterocycles. The van der Waals surface area contributed by atoms with Gasteiger partial charge in [0.1, 0.15) is 22.3 Å². The maximum atomic E-state index is 7.02. The average molecular weight is 637 g/mol. The lowest BCUT2D eigenvalue weighted by atomic mass is 9.97. The van der Waals surface area contributed by atoms with Gasteiger partial charge in [-0.1, -0.05) is 71.7 Å². The van der Waals surface area contributed by atoms with Crippen LogP contribution in [0.4, 0.5) is 0 Å². The fourth-order valence-electron chi connectivity index (χ4n) is 4.90. The minimum atomic E-state index is 0.575. The maximum absolute atomic E-state index is 7.02. The van der Waals surface area contributed by atoms with Crippen molar-refractivity contribution in [3.05, 3.63) is 104 Å². The van der Waals surface area contributed by atoms with Crippen molar-refractivity contribution in [1.82, 2.24) is 0 Å². The molecule has 2 aromatic heterocycles. The molecule has 0 aliphatic rings. The molecule has 0 aliphatic heterocycles. The highest BCUT2D eigenvalue weighted by Gasteiger charge is 2.23. The Hall–Kier alpha value is -2.76. The second-order valence-electron chi connectivity index (χ2n) is 8.62. The molecule has 174 valence electrons. The summed E-state index contributed by atoms with van der Waals surface area (Å²) in [6.45, 7) is 0. The molecule has 0 N–H and O–H groups in total. The Balaban J connectivity index is 1.44. The Kier molecular flexibility index (Phi) is 5.23. The number of rotatable bonds is 2. The largest absolute Gasteiger partial charge is 0.456 e. The quantitative estimate of drug-likeness (QED) is 0.176. The number of benzene rings is 5. The van der Waals surface area contributed by atoms with E-state index in [1.807, 2.05) is 60.7 Å². The molecule has 36 heavy (non-hydrogen) atoms. The highest BCUT2D eigenvalue weighted by Crippen LogP contribution is 2.51. The average Bonchev–Trinajstić information content (AvgIpc) is 3.46. The van der Waals surface area contributed by atoms with Crippen LogP contribution in [0.5, 0.6) is 0 Å². The first-order valence-electron chi connectivity index (χ1n) is 11.2. The molecule has 0 unspecified atom stereocenters. The van der Waals surface area contributed by atoms with Crippen LogP contribution in [0.15, 0.2) is 103 Å². The molecule has 0 radical (unpaired) electrons. The molecule has 7 aromatic rings. The summed E-state index contributed by atoms with van der Waals surface area (Å²) in [5.41, 5.74) is 6.88. The van der Waals surface area contributed by atoms with Crippen molar-refractivity contribution in [2.24, 2.45) is 0 Å². The van der Waals surface area contributed by atoms with Gasteiger partial charge in [0.2, 0.25) is 0 Å². The molecule has 6 heteroatoms. The van der Waals surface area contributed by atoms with Crippen LogP contribution in [0, 0.1) is 0 Å². The molecule has 0 spiro atoms. The zero-order valence-corrected chi connectivity index (χ0v) is 23.1. The van der Waals surface area contributed by atoms with Gasteiger partial charge in [-0.2, -0.15) is 0 Å². The monoisotopic (exact) mass is 634 g/mol. The zero-order valence-electron chi connectivity index (χ0n) is 18.4. The molecule has 0 atom stereocenters. The summed E-state index contributed by atoms with van der Waals surface area (Å²) < 4.78 is 13.5. The molecule has 0 bridgehead atoms. The molecular formula is C30H14Br2Cl2O2. The Morgan fingerprint density at radius 1 is 0.472 bits per heavy atom. The van der Waals surface area contributed by atoms with E-state index in [9.17, 15) is 0 Å². The molecular weight excluding hydrogens is 623 g/mol. The lowest BCUT2D eigenvalue weighted by molar-refractivity contribution is 0.668. The fourth-order valence-corrected chi connectivity index (χ4v) is 6.98. The first-order valence-corrected chi connectivity index (χ1v) is 13.5. The minimum absolute atomic E-state index is 0.575. The van der Waals surface area contributed by atoms with Crippen molar-refractivity contribution in [3.8, 4) is 22.3 Å². The van der Waals surface area contributed by atoms with E-state index in [4.69, 9.17) is 32.0 Å². The summed E-state index contributed by atoms with van der Waals surface area (Å²) in [6.07, 6.45) is 0. The second kappa shape index (κ2) is 8.39. The van der Waals surface area contributed by atoms with Crippen molar-refractivity contribution in [2.75, 3.05) is 0 Å². The van der Waals surface area contributed by atoms with E-state index in [-0.39, 0.29) is 0 Å². The standard InChI is InChI=1S/C30H14Br2Cl2O2/c31-27-25(15-9-11-23-19(13-15)17-5-1-3-7-21(17)35-23)29(33)28(32)26(30(27)34)16-10-12-24-20(14-16)18-6-2-4-8-22(18)36-24/h1-14H. The Bertz CT molecular complexity index is 1830. The number of halogens is 4. The summed E-state index contributed by atoms with van der Waals surface area (Å²) >= 11 is 21.6. The number of hydrogen-bond acceptors (Lipinski definition) is 2. The number of furan rings is 2. The van der Waals surface area contributed by atoms with Gasteiger partial charge < -0.3 is 8.83 Å². The smallest absolute Gasteiger partial charge is 0.135 e. The van der Waals surface area contributed by atoms with Crippen molar-refractivity contribution in [3.63, 3.8) is 0 Å². The number of para-hydroxylation sites is 2. The fraction of sp³-hybridized carbons (Fsp3) is 0. The van der Waals surface area contributed by atoms with Gasteiger partial charge in [-0.15, -0.1) is 0 Å². The van der Waals surface area contributed by atoms with Crippen molar-refractivity contribution in [1.29, 1.82) is 0 Å². The van der Waals surface area contributed by atoms with Crippen LogP contribution in [0.3, 0.4) is 0 Å². The third-order valence-electron chi connectivity index (χ3n) is 6.59. The van der Waals surface area contributed by atoms with Crippen molar-refractivity contribution in [2.45, 2.75) is 0 Å². The maximum Gasteiger partial charge on any atom is 0.135 e. The van der Waals surface area contributed by atoms with Crippen LogP contribution in [0.2, 0.25) is 10.0 Å². The van der Waals surface area contributed by atoms with E-state index in [1.54, 1.807) is 0 Å². The van der Waals surface area contributed by atoms with E-state index in [0.717, 1.165) is 75.1 Å². The predicted molar refractivity (Wildman–Crippen MR) is 157 cm³/mol. The van der Waals surface area contributed by atoms with E-state index in [2.05, 4.69) is 56.1 Å². The van der Waals surface area contributed by atoms with Crippen LogP contribution in [-0.2, 0) is 0 Å². The molecule has 0 aliphatic carbocycles. The molecule has 0 fully saturated rings. The molecule has 0 saturated heterocycles. The van der Waals surface area contributed by atoms with Gasteiger partial charge in [0.05, 0.1) is 10.0 Å². The Labute approximate surface area is 232 Å². The van der Waals surface area contributed by atoms with Crippen LogP contribution < -0.4 is 0 Å². The third kappa shape index (κ3) is 3.29. The van der Waals surface area contributed by atoms with Crippen LogP contribution >= 0.6 is 55.1 Å². The SMILES string of the molecule is Clc1c(Br)c(-c2ccc3oc4ccccc4c3c2)c(Cl)c(Br)c1-c1ccc2oc3ccccc3c2c1. The lowest BCUT2D eigenvalue weighted by Crippen LogP contribution is -1.91. The number of hydrogen-bond donors (Lipinski definition) is 0. The molecule has 0 amide bonds. The molecule has 5 aromatic carbocycles. The van der Waals surface area contributed by atoms with Crippen LogP contribution in [0.25, 0.3) is 66.1 Å². The first kappa shape index (κ1) is 22.4. The third-order valence-corrected chi connectivity index (χ3v) is 9.39. The highest BCUT2D eigenvalue weighted by molar-refractivity contribution is 9.11. The van der Waals surface area contributed by atoms with Gasteiger partial charge in [0, 0.05) is 41.6 Å². The zero-order chi connectivity index (χ0) is 24.6. The normalized spacial score (nSPS) is 11.9. The van der Waals surface area contributed by atoms with Gasteiger partial charge in [0.25, 0.3) is 0 Å². The second-order valence-corrected chi connectivity index (χ2v) is 11.0. The van der Waals surface area contributed by atoms with Gasteiger partial charge >= 0.3 is 0 Å². The van der Waals surface area contributed by atoms with Gasteiger partial charge in [-0.3, -0.25) is 0 Å². The first-order chi connectivity index (χ1) is 17.5. The molecule has 7 rings (SSSR count). The molecule has 2 nitrogen and oxygen atoms in total.